The normalized spacial score (nSPS) is 18.4. The second-order valence-electron chi connectivity index (χ2n) is 4.26. The van der Waals surface area contributed by atoms with Gasteiger partial charge in [0.05, 0.1) is 16.7 Å². The average molecular weight is 296 g/mol. The van der Waals surface area contributed by atoms with Gasteiger partial charge in [0.25, 0.3) is 0 Å². The van der Waals surface area contributed by atoms with Crippen LogP contribution in [-0.4, -0.2) is 34.7 Å². The van der Waals surface area contributed by atoms with Crippen LogP contribution in [0.4, 0.5) is 5.95 Å². The number of sulfone groups is 1. The number of rotatable bonds is 3. The Kier molecular flexibility index (Phi) is 2.98. The maximum atomic E-state index is 12.3. The SMILES string of the molecule is Nc1nc2n(n1)[C@@H](CS(=O)(=O)c1ccccc1)CS2. The molecule has 100 valence electrons. The number of nitrogens with two attached hydrogens (primary N) is 1. The monoisotopic (exact) mass is 296 g/mol. The van der Waals surface area contributed by atoms with Gasteiger partial charge in [-0.2, -0.15) is 4.98 Å². The molecular weight excluding hydrogens is 284 g/mol. The van der Waals surface area contributed by atoms with Crippen LogP contribution in [0.25, 0.3) is 0 Å². The summed E-state index contributed by atoms with van der Waals surface area (Å²) in [4.78, 5) is 4.38. The van der Waals surface area contributed by atoms with Gasteiger partial charge in [0.1, 0.15) is 0 Å². The number of thioether (sulfide) groups is 1. The van der Waals surface area contributed by atoms with Gasteiger partial charge < -0.3 is 5.73 Å². The van der Waals surface area contributed by atoms with Crippen LogP contribution in [-0.2, 0) is 9.84 Å². The predicted octanol–water partition coefficient (Wildman–Crippen LogP) is 0.981. The van der Waals surface area contributed by atoms with Crippen molar-refractivity contribution in [2.45, 2.75) is 16.1 Å². The van der Waals surface area contributed by atoms with E-state index < -0.39 is 9.84 Å². The number of nitrogen functional groups attached to an aromatic ring is 1. The smallest absolute Gasteiger partial charge is 0.240 e. The second-order valence-corrected chi connectivity index (χ2v) is 7.28. The molecule has 8 heteroatoms. The Balaban J connectivity index is 1.87. The molecule has 0 saturated carbocycles. The molecule has 2 N–H and O–H groups in total. The molecule has 1 aliphatic heterocycles. The Hall–Kier alpha value is -1.54. The summed E-state index contributed by atoms with van der Waals surface area (Å²) in [5.41, 5.74) is 5.52. The molecule has 3 rings (SSSR count). The minimum absolute atomic E-state index is 0.0137. The van der Waals surface area contributed by atoms with Gasteiger partial charge in [0.2, 0.25) is 5.95 Å². The number of aromatic nitrogens is 3. The number of benzene rings is 1. The first kappa shape index (κ1) is 12.5. The first-order valence-corrected chi connectivity index (χ1v) is 8.33. The fourth-order valence-corrected chi connectivity index (χ4v) is 4.76. The number of fused-ring (bicyclic) bond motifs is 1. The van der Waals surface area contributed by atoms with Crippen LogP contribution >= 0.6 is 11.8 Å². The van der Waals surface area contributed by atoms with E-state index in [0.717, 1.165) is 0 Å². The van der Waals surface area contributed by atoms with Crippen molar-refractivity contribution in [1.82, 2.24) is 14.8 Å². The Morgan fingerprint density at radius 1 is 1.37 bits per heavy atom. The largest absolute Gasteiger partial charge is 0.366 e. The van der Waals surface area contributed by atoms with Gasteiger partial charge >= 0.3 is 0 Å². The van der Waals surface area contributed by atoms with E-state index in [1.807, 2.05) is 0 Å². The molecule has 6 nitrogen and oxygen atoms in total. The van der Waals surface area contributed by atoms with Crippen molar-refractivity contribution >= 4 is 27.5 Å². The van der Waals surface area contributed by atoms with E-state index in [1.54, 1.807) is 35.0 Å². The zero-order valence-electron chi connectivity index (χ0n) is 9.93. The van der Waals surface area contributed by atoms with E-state index in [4.69, 9.17) is 5.73 Å². The highest BCUT2D eigenvalue weighted by Gasteiger charge is 2.30. The van der Waals surface area contributed by atoms with Crippen LogP contribution in [0.15, 0.2) is 40.4 Å². The molecule has 2 aromatic rings. The maximum absolute atomic E-state index is 12.3. The third kappa shape index (κ3) is 2.33. The molecule has 2 heterocycles. The lowest BCUT2D eigenvalue weighted by atomic mass is 10.4. The van der Waals surface area contributed by atoms with Crippen LogP contribution < -0.4 is 5.73 Å². The van der Waals surface area contributed by atoms with Gasteiger partial charge in [0.15, 0.2) is 15.0 Å². The van der Waals surface area contributed by atoms with Gasteiger partial charge in [-0.25, -0.2) is 13.1 Å². The summed E-state index contributed by atoms with van der Waals surface area (Å²) in [5.74, 6) is 0.853. The van der Waals surface area contributed by atoms with Crippen LogP contribution in [0.2, 0.25) is 0 Å². The van der Waals surface area contributed by atoms with Gasteiger partial charge in [-0.15, -0.1) is 5.10 Å². The zero-order chi connectivity index (χ0) is 13.5. The summed E-state index contributed by atoms with van der Waals surface area (Å²) < 4.78 is 26.2. The van der Waals surface area contributed by atoms with Crippen molar-refractivity contribution in [3.63, 3.8) is 0 Å². The lowest BCUT2D eigenvalue weighted by Crippen LogP contribution is -2.20. The second kappa shape index (κ2) is 4.53. The predicted molar refractivity (Wildman–Crippen MR) is 72.7 cm³/mol. The van der Waals surface area contributed by atoms with Crippen molar-refractivity contribution < 1.29 is 8.42 Å². The minimum Gasteiger partial charge on any atom is -0.366 e. The fraction of sp³-hybridized carbons (Fsp3) is 0.273. The topological polar surface area (TPSA) is 90.9 Å². The molecule has 1 atom stereocenters. The van der Waals surface area contributed by atoms with Crippen LogP contribution in [0.3, 0.4) is 0 Å². The van der Waals surface area contributed by atoms with E-state index in [2.05, 4.69) is 10.1 Å². The van der Waals surface area contributed by atoms with E-state index >= 15 is 0 Å². The minimum atomic E-state index is -3.32. The molecule has 0 bridgehead atoms. The third-order valence-electron chi connectivity index (χ3n) is 2.88. The van der Waals surface area contributed by atoms with Crippen LogP contribution in [0, 0.1) is 0 Å². The molecule has 0 unspecified atom stereocenters. The molecule has 1 aliphatic rings. The maximum Gasteiger partial charge on any atom is 0.240 e. The Bertz CT molecular complexity index is 697. The highest BCUT2D eigenvalue weighted by molar-refractivity contribution is 7.99. The summed E-state index contributed by atoms with van der Waals surface area (Å²) >= 11 is 1.48. The van der Waals surface area contributed by atoms with Crippen molar-refractivity contribution in [2.24, 2.45) is 0 Å². The van der Waals surface area contributed by atoms with Gasteiger partial charge in [0, 0.05) is 5.75 Å². The molecule has 0 aliphatic carbocycles. The standard InChI is InChI=1S/C11H12N4O2S2/c12-10-13-11-15(14-10)8(6-18-11)7-19(16,17)9-4-2-1-3-5-9/h1-5,8H,6-7H2,(H2,12,14)/t8-/m1/s1. The Morgan fingerprint density at radius 2 is 2.11 bits per heavy atom. The summed E-state index contributed by atoms with van der Waals surface area (Å²) in [5, 5.41) is 4.73. The molecule has 0 radical (unpaired) electrons. The van der Waals surface area contributed by atoms with E-state index in [-0.39, 0.29) is 17.7 Å². The summed E-state index contributed by atoms with van der Waals surface area (Å²) in [7, 11) is -3.32. The molecule has 1 aromatic carbocycles. The van der Waals surface area contributed by atoms with Crippen molar-refractivity contribution in [3.05, 3.63) is 30.3 Å². The highest BCUT2D eigenvalue weighted by Crippen LogP contribution is 2.33. The average Bonchev–Trinajstić information content (AvgIpc) is 2.91. The molecule has 0 amide bonds. The third-order valence-corrected chi connectivity index (χ3v) is 5.78. The first-order valence-electron chi connectivity index (χ1n) is 5.69. The van der Waals surface area contributed by atoms with E-state index in [9.17, 15) is 8.42 Å². The molecule has 1 aromatic heterocycles. The quantitative estimate of drug-likeness (QED) is 0.908. The highest BCUT2D eigenvalue weighted by atomic mass is 32.2. The fourth-order valence-electron chi connectivity index (χ4n) is 2.00. The number of hydrogen-bond acceptors (Lipinski definition) is 6. The molecular formula is C11H12N4O2S2. The van der Waals surface area contributed by atoms with Crippen molar-refractivity contribution in [1.29, 1.82) is 0 Å². The Labute approximate surface area is 114 Å². The van der Waals surface area contributed by atoms with Crippen LogP contribution in [0.5, 0.6) is 0 Å². The summed E-state index contributed by atoms with van der Waals surface area (Å²) in [6, 6.07) is 8.22. The van der Waals surface area contributed by atoms with Crippen LogP contribution in [0.1, 0.15) is 6.04 Å². The van der Waals surface area contributed by atoms with Gasteiger partial charge in [-0.1, -0.05) is 30.0 Å². The van der Waals surface area contributed by atoms with Crippen molar-refractivity contribution in [2.75, 3.05) is 17.2 Å². The number of anilines is 1. The molecule has 0 fully saturated rings. The summed E-state index contributed by atoms with van der Waals surface area (Å²) in [6.45, 7) is 0. The zero-order valence-corrected chi connectivity index (χ0v) is 11.6. The molecule has 0 spiro atoms. The number of hydrogen-bond donors (Lipinski definition) is 1. The van der Waals surface area contributed by atoms with Gasteiger partial charge in [-0.3, -0.25) is 0 Å². The first-order chi connectivity index (χ1) is 9.06. The molecule has 19 heavy (non-hydrogen) atoms. The van der Waals surface area contributed by atoms with Crippen molar-refractivity contribution in [3.8, 4) is 0 Å². The number of nitrogens with zero attached hydrogens (tertiary/aromatic N) is 3. The lowest BCUT2D eigenvalue weighted by Gasteiger charge is -2.11. The lowest BCUT2D eigenvalue weighted by molar-refractivity contribution is 0.505. The van der Waals surface area contributed by atoms with E-state index in [0.29, 0.717) is 15.8 Å². The Morgan fingerprint density at radius 3 is 2.84 bits per heavy atom. The van der Waals surface area contributed by atoms with E-state index in [1.165, 1.54) is 11.8 Å². The molecule has 0 saturated heterocycles. The summed E-state index contributed by atoms with van der Waals surface area (Å²) in [6.07, 6.45) is 0. The van der Waals surface area contributed by atoms with Gasteiger partial charge in [-0.05, 0) is 12.1 Å².